The summed E-state index contributed by atoms with van der Waals surface area (Å²) in [5.74, 6) is 1.56. The van der Waals surface area contributed by atoms with E-state index in [1.165, 1.54) is 24.8 Å². The average molecular weight is 250 g/mol. The first-order valence-electron chi connectivity index (χ1n) is 7.04. The van der Waals surface area contributed by atoms with Crippen molar-refractivity contribution in [3.8, 4) is 5.75 Å². The van der Waals surface area contributed by atoms with E-state index >= 15 is 0 Å². The maximum Gasteiger partial charge on any atom is 0.199 e. The summed E-state index contributed by atoms with van der Waals surface area (Å²) in [7, 11) is 1.68. The van der Waals surface area contributed by atoms with Crippen LogP contribution in [-0.2, 0) is 4.74 Å². The van der Waals surface area contributed by atoms with E-state index in [4.69, 9.17) is 9.47 Å². The Balaban J connectivity index is 2.66. The minimum Gasteiger partial charge on any atom is -0.465 e. The van der Waals surface area contributed by atoms with Gasteiger partial charge in [0.1, 0.15) is 5.75 Å². The highest BCUT2D eigenvalue weighted by molar-refractivity contribution is 5.29. The van der Waals surface area contributed by atoms with Crippen molar-refractivity contribution < 1.29 is 9.47 Å². The van der Waals surface area contributed by atoms with Gasteiger partial charge in [0.2, 0.25) is 0 Å². The third kappa shape index (κ3) is 4.34. The van der Waals surface area contributed by atoms with E-state index < -0.39 is 0 Å². The molecule has 2 unspecified atom stereocenters. The minimum absolute atomic E-state index is 0.145. The zero-order valence-electron chi connectivity index (χ0n) is 12.1. The quantitative estimate of drug-likeness (QED) is 0.620. The molecule has 2 nitrogen and oxygen atoms in total. The summed E-state index contributed by atoms with van der Waals surface area (Å²) in [6.07, 6.45) is 4.40. The van der Waals surface area contributed by atoms with Crippen molar-refractivity contribution in [2.24, 2.45) is 0 Å². The van der Waals surface area contributed by atoms with Crippen LogP contribution in [0.2, 0.25) is 0 Å². The van der Waals surface area contributed by atoms with Gasteiger partial charge >= 0.3 is 0 Å². The second-order valence-corrected chi connectivity index (χ2v) is 4.65. The lowest BCUT2D eigenvalue weighted by atomic mass is 9.92. The molecule has 0 aromatic heterocycles. The molecule has 0 N–H and O–H groups in total. The highest BCUT2D eigenvalue weighted by Gasteiger charge is 2.09. The molecule has 0 heterocycles. The van der Waals surface area contributed by atoms with Gasteiger partial charge in [0, 0.05) is 13.5 Å². The van der Waals surface area contributed by atoms with Crippen molar-refractivity contribution in [1.29, 1.82) is 0 Å². The molecular weight excluding hydrogens is 224 g/mol. The summed E-state index contributed by atoms with van der Waals surface area (Å²) in [5, 5.41) is 0. The predicted octanol–water partition coefficient (Wildman–Crippen LogP) is 4.74. The zero-order valence-corrected chi connectivity index (χ0v) is 12.1. The molecule has 0 amide bonds. The summed E-state index contributed by atoms with van der Waals surface area (Å²) in [4.78, 5) is 0. The lowest BCUT2D eigenvalue weighted by Crippen LogP contribution is -2.17. The Bertz CT molecular complexity index is 314. The molecule has 0 bridgehead atoms. The number of methoxy groups -OCH3 is 1. The first-order valence-corrected chi connectivity index (χ1v) is 7.04. The summed E-state index contributed by atoms with van der Waals surface area (Å²) in [6, 6.07) is 8.47. The second kappa shape index (κ2) is 8.15. The van der Waals surface area contributed by atoms with Gasteiger partial charge in [0.15, 0.2) is 6.29 Å². The van der Waals surface area contributed by atoms with Gasteiger partial charge < -0.3 is 9.47 Å². The van der Waals surface area contributed by atoms with E-state index in [0.29, 0.717) is 5.92 Å². The number of hydrogen-bond acceptors (Lipinski definition) is 2. The highest BCUT2D eigenvalue weighted by atomic mass is 16.7. The normalized spacial score (nSPS) is 14.2. The Morgan fingerprint density at radius 1 is 1.00 bits per heavy atom. The molecule has 18 heavy (non-hydrogen) atoms. The number of hydrogen-bond donors (Lipinski definition) is 0. The van der Waals surface area contributed by atoms with Crippen LogP contribution in [0.25, 0.3) is 0 Å². The molecule has 0 spiro atoms. The van der Waals surface area contributed by atoms with Crippen molar-refractivity contribution >= 4 is 0 Å². The van der Waals surface area contributed by atoms with Gasteiger partial charge in [-0.1, -0.05) is 39.3 Å². The Labute approximate surface area is 111 Å². The molecule has 2 atom stereocenters. The van der Waals surface area contributed by atoms with E-state index in [-0.39, 0.29) is 6.29 Å². The lowest BCUT2D eigenvalue weighted by molar-refractivity contribution is -0.0548. The van der Waals surface area contributed by atoms with Gasteiger partial charge in [-0.15, -0.1) is 0 Å². The molecular formula is C16H26O2. The molecule has 0 saturated carbocycles. The largest absolute Gasteiger partial charge is 0.465 e. The van der Waals surface area contributed by atoms with Crippen LogP contribution in [0.4, 0.5) is 0 Å². The van der Waals surface area contributed by atoms with Gasteiger partial charge in [-0.05, 0) is 36.5 Å². The summed E-state index contributed by atoms with van der Waals surface area (Å²) in [5.41, 5.74) is 1.41. The van der Waals surface area contributed by atoms with Crippen molar-refractivity contribution in [3.63, 3.8) is 0 Å². The maximum absolute atomic E-state index is 5.72. The maximum atomic E-state index is 5.72. The Hall–Kier alpha value is -1.02. The Morgan fingerprint density at radius 3 is 2.11 bits per heavy atom. The SMILES string of the molecule is CCCC(CC)c1ccc(OC(CC)OC)cc1. The van der Waals surface area contributed by atoms with Crippen LogP contribution in [0.5, 0.6) is 5.75 Å². The predicted molar refractivity (Wildman–Crippen MR) is 76.1 cm³/mol. The Morgan fingerprint density at radius 2 is 1.67 bits per heavy atom. The molecule has 2 heteroatoms. The summed E-state index contributed by atoms with van der Waals surface area (Å²) >= 11 is 0. The molecule has 1 aromatic rings. The second-order valence-electron chi connectivity index (χ2n) is 4.65. The van der Waals surface area contributed by atoms with Crippen molar-refractivity contribution in [3.05, 3.63) is 29.8 Å². The monoisotopic (exact) mass is 250 g/mol. The van der Waals surface area contributed by atoms with Gasteiger partial charge in [-0.2, -0.15) is 0 Å². The fourth-order valence-electron chi connectivity index (χ4n) is 2.22. The average Bonchev–Trinajstić information content (AvgIpc) is 2.43. The number of ether oxygens (including phenoxy) is 2. The molecule has 0 radical (unpaired) electrons. The fourth-order valence-corrected chi connectivity index (χ4v) is 2.22. The number of benzene rings is 1. The first-order chi connectivity index (χ1) is 8.74. The van der Waals surface area contributed by atoms with E-state index in [1.807, 2.05) is 0 Å². The molecule has 0 saturated heterocycles. The fraction of sp³-hybridized carbons (Fsp3) is 0.625. The smallest absolute Gasteiger partial charge is 0.199 e. The molecule has 102 valence electrons. The molecule has 0 fully saturated rings. The first kappa shape index (κ1) is 15.0. The highest BCUT2D eigenvalue weighted by Crippen LogP contribution is 2.26. The standard InChI is InChI=1S/C16H26O2/c1-5-8-13(6-2)14-9-11-15(12-10-14)18-16(7-3)17-4/h9-13,16H,5-8H2,1-4H3. The van der Waals surface area contributed by atoms with Crippen LogP contribution in [0.1, 0.15) is 57.9 Å². The molecule has 0 aliphatic heterocycles. The molecule has 0 aliphatic rings. The van der Waals surface area contributed by atoms with E-state index in [1.54, 1.807) is 7.11 Å². The van der Waals surface area contributed by atoms with Crippen molar-refractivity contribution in [1.82, 2.24) is 0 Å². The van der Waals surface area contributed by atoms with Crippen LogP contribution in [0.3, 0.4) is 0 Å². The topological polar surface area (TPSA) is 18.5 Å². The third-order valence-corrected chi connectivity index (χ3v) is 3.35. The lowest BCUT2D eigenvalue weighted by Gasteiger charge is -2.17. The van der Waals surface area contributed by atoms with E-state index in [0.717, 1.165) is 12.2 Å². The minimum atomic E-state index is -0.145. The van der Waals surface area contributed by atoms with Gasteiger partial charge in [0.05, 0.1) is 0 Å². The van der Waals surface area contributed by atoms with Gasteiger partial charge in [-0.25, -0.2) is 0 Å². The van der Waals surface area contributed by atoms with Crippen LogP contribution >= 0.6 is 0 Å². The van der Waals surface area contributed by atoms with Gasteiger partial charge in [-0.3, -0.25) is 0 Å². The van der Waals surface area contributed by atoms with E-state index in [9.17, 15) is 0 Å². The van der Waals surface area contributed by atoms with Crippen molar-refractivity contribution in [2.75, 3.05) is 7.11 Å². The number of rotatable bonds is 8. The van der Waals surface area contributed by atoms with Gasteiger partial charge in [0.25, 0.3) is 0 Å². The van der Waals surface area contributed by atoms with Crippen molar-refractivity contribution in [2.45, 2.75) is 58.7 Å². The van der Waals surface area contributed by atoms with Crippen LogP contribution in [-0.4, -0.2) is 13.4 Å². The zero-order chi connectivity index (χ0) is 13.4. The molecule has 1 aromatic carbocycles. The van der Waals surface area contributed by atoms with E-state index in [2.05, 4.69) is 45.0 Å². The molecule has 0 aliphatic carbocycles. The van der Waals surface area contributed by atoms with Crippen LogP contribution in [0, 0.1) is 0 Å². The summed E-state index contributed by atoms with van der Waals surface area (Å²) in [6.45, 7) is 6.55. The summed E-state index contributed by atoms with van der Waals surface area (Å²) < 4.78 is 10.9. The van der Waals surface area contributed by atoms with Crippen LogP contribution < -0.4 is 4.74 Å². The van der Waals surface area contributed by atoms with Crippen LogP contribution in [0.15, 0.2) is 24.3 Å². The third-order valence-electron chi connectivity index (χ3n) is 3.35. The Kier molecular flexibility index (Phi) is 6.81. The molecule has 1 rings (SSSR count).